The molecule has 11 heteroatoms. The molecule has 0 fully saturated rings. The molecule has 0 spiro atoms. The molecule has 0 saturated carbocycles. The van der Waals surface area contributed by atoms with E-state index >= 15 is 0 Å². The minimum atomic E-state index is -4.80. The van der Waals surface area contributed by atoms with Crippen molar-refractivity contribution in [2.24, 2.45) is 0 Å². The minimum Gasteiger partial charge on any atom is -0.354 e. The lowest BCUT2D eigenvalue weighted by molar-refractivity contribution is -0.137. The summed E-state index contributed by atoms with van der Waals surface area (Å²) in [6.07, 6.45) is -4.15. The van der Waals surface area contributed by atoms with Crippen molar-refractivity contribution < 1.29 is 26.4 Å². The number of amides is 1. The first-order valence-corrected chi connectivity index (χ1v) is 14.3. The summed E-state index contributed by atoms with van der Waals surface area (Å²) in [5, 5.41) is 2.10. The molecule has 5 nitrogen and oxygen atoms in total. The number of anilines is 1. The summed E-state index contributed by atoms with van der Waals surface area (Å²) in [5.74, 6) is 0.967. The predicted octanol–water partition coefficient (Wildman–Crippen LogP) is 6.30. The van der Waals surface area contributed by atoms with Crippen molar-refractivity contribution in [3.05, 3.63) is 94.5 Å². The third-order valence-electron chi connectivity index (χ3n) is 5.34. The molecule has 1 amide bonds. The third kappa shape index (κ3) is 8.15. The van der Waals surface area contributed by atoms with E-state index in [0.717, 1.165) is 29.2 Å². The topological polar surface area (TPSA) is 66.5 Å². The van der Waals surface area contributed by atoms with Gasteiger partial charge in [0.05, 0.1) is 21.2 Å². The first kappa shape index (κ1) is 28.9. The maximum atomic E-state index is 13.5. The smallest absolute Gasteiger partial charge is 0.354 e. The lowest BCUT2D eigenvalue weighted by Gasteiger charge is -2.25. The number of nitrogens with one attached hydrogen (secondary N) is 1. The number of alkyl halides is 3. The molecule has 37 heavy (non-hydrogen) atoms. The van der Waals surface area contributed by atoms with Gasteiger partial charge in [-0.15, -0.1) is 0 Å². The van der Waals surface area contributed by atoms with Crippen molar-refractivity contribution >= 4 is 45.0 Å². The number of rotatable bonds is 11. The summed E-state index contributed by atoms with van der Waals surface area (Å²) in [4.78, 5) is 12.5. The summed E-state index contributed by atoms with van der Waals surface area (Å²) in [7, 11) is -4.35. The second-order valence-corrected chi connectivity index (χ2v) is 11.6. The first-order valence-electron chi connectivity index (χ1n) is 11.3. The Morgan fingerprint density at radius 1 is 1.03 bits per heavy atom. The van der Waals surface area contributed by atoms with Gasteiger partial charge in [-0.25, -0.2) is 8.42 Å². The van der Waals surface area contributed by atoms with Gasteiger partial charge in [0.25, 0.3) is 10.0 Å². The van der Waals surface area contributed by atoms with Gasteiger partial charge in [0.15, 0.2) is 0 Å². The van der Waals surface area contributed by atoms with Crippen LogP contribution >= 0.6 is 23.4 Å². The number of aryl methyl sites for hydroxylation is 1. The molecular formula is C26H26ClF3N2O3S2. The zero-order chi connectivity index (χ0) is 27.1. The van der Waals surface area contributed by atoms with Crippen molar-refractivity contribution in [1.82, 2.24) is 5.32 Å². The molecule has 0 aromatic heterocycles. The van der Waals surface area contributed by atoms with Crippen molar-refractivity contribution in [3.8, 4) is 0 Å². The van der Waals surface area contributed by atoms with E-state index in [2.05, 4.69) is 5.32 Å². The molecule has 0 radical (unpaired) electrons. The average molecular weight is 571 g/mol. The average Bonchev–Trinajstić information content (AvgIpc) is 2.85. The van der Waals surface area contributed by atoms with E-state index in [1.54, 1.807) is 30.8 Å². The van der Waals surface area contributed by atoms with Crippen LogP contribution in [0.1, 0.15) is 23.1 Å². The highest BCUT2D eigenvalue weighted by Crippen LogP contribution is 2.38. The van der Waals surface area contributed by atoms with Crippen LogP contribution in [0, 0.1) is 6.92 Å². The Morgan fingerprint density at radius 3 is 2.35 bits per heavy atom. The Hall–Kier alpha value is -2.69. The van der Waals surface area contributed by atoms with Gasteiger partial charge in [-0.3, -0.25) is 9.10 Å². The van der Waals surface area contributed by atoms with Gasteiger partial charge in [-0.2, -0.15) is 24.9 Å². The van der Waals surface area contributed by atoms with E-state index in [-0.39, 0.29) is 10.6 Å². The second kappa shape index (κ2) is 12.7. The Labute approximate surface area is 224 Å². The number of nitrogens with zero attached hydrogens (tertiary/aromatic N) is 1. The number of hydrogen-bond donors (Lipinski definition) is 1. The fourth-order valence-corrected chi connectivity index (χ4v) is 5.95. The summed E-state index contributed by atoms with van der Waals surface area (Å²) in [5.41, 5.74) is 0.492. The fourth-order valence-electron chi connectivity index (χ4n) is 3.39. The number of benzene rings is 3. The maximum absolute atomic E-state index is 13.5. The van der Waals surface area contributed by atoms with Gasteiger partial charge in [0, 0.05) is 12.3 Å². The molecule has 0 aliphatic rings. The summed E-state index contributed by atoms with van der Waals surface area (Å²) in [6.45, 7) is 1.38. The van der Waals surface area contributed by atoms with Crippen LogP contribution in [-0.2, 0) is 26.7 Å². The number of sulfonamides is 1. The summed E-state index contributed by atoms with van der Waals surface area (Å²) >= 11 is 7.42. The zero-order valence-electron chi connectivity index (χ0n) is 20.0. The monoisotopic (exact) mass is 570 g/mol. The quantitative estimate of drug-likeness (QED) is 0.275. The van der Waals surface area contributed by atoms with E-state index in [1.807, 2.05) is 30.3 Å². The molecule has 0 bridgehead atoms. The van der Waals surface area contributed by atoms with Crippen LogP contribution < -0.4 is 9.62 Å². The van der Waals surface area contributed by atoms with Gasteiger partial charge in [-0.1, -0.05) is 59.6 Å². The normalized spacial score (nSPS) is 11.8. The van der Waals surface area contributed by atoms with Crippen LogP contribution in [0.3, 0.4) is 0 Å². The van der Waals surface area contributed by atoms with Crippen LogP contribution in [0.15, 0.2) is 77.7 Å². The number of carbonyl (C=O) groups excluding carboxylic acids is 1. The molecule has 0 saturated heterocycles. The van der Waals surface area contributed by atoms with Gasteiger partial charge in [0.2, 0.25) is 5.91 Å². The Morgan fingerprint density at radius 2 is 1.70 bits per heavy atom. The van der Waals surface area contributed by atoms with E-state index < -0.39 is 39.2 Å². The van der Waals surface area contributed by atoms with E-state index in [1.165, 1.54) is 17.7 Å². The number of halogens is 4. The predicted molar refractivity (Wildman–Crippen MR) is 142 cm³/mol. The minimum absolute atomic E-state index is 0.147. The Kier molecular flexibility index (Phi) is 9.92. The van der Waals surface area contributed by atoms with Gasteiger partial charge < -0.3 is 5.32 Å². The van der Waals surface area contributed by atoms with Crippen LogP contribution in [-0.4, -0.2) is 33.2 Å². The van der Waals surface area contributed by atoms with Gasteiger partial charge >= 0.3 is 6.18 Å². The molecule has 0 unspecified atom stereocenters. The Balaban J connectivity index is 1.72. The molecule has 3 aromatic rings. The van der Waals surface area contributed by atoms with E-state index in [0.29, 0.717) is 23.3 Å². The lowest BCUT2D eigenvalue weighted by Crippen LogP contribution is -2.41. The molecule has 0 heterocycles. The van der Waals surface area contributed by atoms with Crippen molar-refractivity contribution in [2.75, 3.05) is 23.1 Å². The number of carbonyl (C=O) groups is 1. The van der Waals surface area contributed by atoms with E-state index in [4.69, 9.17) is 11.6 Å². The zero-order valence-corrected chi connectivity index (χ0v) is 22.4. The molecule has 1 N–H and O–H groups in total. The van der Waals surface area contributed by atoms with Gasteiger partial charge in [-0.05, 0) is 55.0 Å². The van der Waals surface area contributed by atoms with Crippen LogP contribution in [0.4, 0.5) is 18.9 Å². The van der Waals surface area contributed by atoms with Crippen LogP contribution in [0.25, 0.3) is 0 Å². The highest BCUT2D eigenvalue weighted by Gasteiger charge is 2.35. The van der Waals surface area contributed by atoms with Crippen molar-refractivity contribution in [2.45, 2.75) is 30.2 Å². The fraction of sp³-hybridized carbons (Fsp3) is 0.269. The largest absolute Gasteiger partial charge is 0.417 e. The van der Waals surface area contributed by atoms with Gasteiger partial charge in [0.1, 0.15) is 6.54 Å². The molecule has 0 aliphatic carbocycles. The van der Waals surface area contributed by atoms with Crippen LogP contribution in [0.2, 0.25) is 5.02 Å². The van der Waals surface area contributed by atoms with E-state index in [9.17, 15) is 26.4 Å². The highest BCUT2D eigenvalue weighted by molar-refractivity contribution is 7.98. The molecule has 3 aromatic carbocycles. The van der Waals surface area contributed by atoms with Crippen molar-refractivity contribution in [1.29, 1.82) is 0 Å². The summed E-state index contributed by atoms with van der Waals surface area (Å²) in [6, 6.07) is 18.5. The lowest BCUT2D eigenvalue weighted by atomic mass is 10.2. The standard InChI is InChI=1S/C26H26ClF3N2O3S2/c1-19-8-11-22(12-9-19)37(34,35)32(21-10-13-24(27)23(16-21)26(28,29)30)17-25(33)31-14-5-15-36-18-20-6-3-2-4-7-20/h2-4,6-13,16H,5,14-15,17-18H2,1H3,(H,31,33). The highest BCUT2D eigenvalue weighted by atomic mass is 35.5. The van der Waals surface area contributed by atoms with Crippen LogP contribution in [0.5, 0.6) is 0 Å². The first-order chi connectivity index (χ1) is 17.5. The third-order valence-corrected chi connectivity index (χ3v) is 8.57. The molecule has 0 aliphatic heterocycles. The molecular weight excluding hydrogens is 545 g/mol. The SMILES string of the molecule is Cc1ccc(S(=O)(=O)N(CC(=O)NCCCSCc2ccccc2)c2ccc(Cl)c(C(F)(F)F)c2)cc1. The molecule has 3 rings (SSSR count). The van der Waals surface area contributed by atoms with Crippen molar-refractivity contribution in [3.63, 3.8) is 0 Å². The Bertz CT molecular complexity index is 1300. The number of hydrogen-bond acceptors (Lipinski definition) is 4. The molecule has 0 atom stereocenters. The number of thioether (sulfide) groups is 1. The summed E-state index contributed by atoms with van der Waals surface area (Å²) < 4.78 is 67.9. The molecule has 198 valence electrons. The maximum Gasteiger partial charge on any atom is 0.417 e. The second-order valence-electron chi connectivity index (χ2n) is 8.23.